The Labute approximate surface area is 168 Å². The maximum atomic E-state index is 13.2. The predicted molar refractivity (Wildman–Crippen MR) is 103 cm³/mol. The van der Waals surface area contributed by atoms with E-state index < -0.39 is 28.4 Å². The molecule has 30 heavy (non-hydrogen) atoms. The van der Waals surface area contributed by atoms with E-state index in [-0.39, 0.29) is 22.9 Å². The number of hydrogen-bond donors (Lipinski definition) is 2. The number of halogens is 3. The summed E-state index contributed by atoms with van der Waals surface area (Å²) in [6, 6.07) is 4.52. The zero-order valence-corrected chi connectivity index (χ0v) is 16.1. The molecule has 1 heterocycles. The first kappa shape index (κ1) is 21.1. The first-order chi connectivity index (χ1) is 14.0. The van der Waals surface area contributed by atoms with Crippen LogP contribution in [0.4, 0.5) is 24.7 Å². The smallest absolute Gasteiger partial charge is 0.416 e. The largest absolute Gasteiger partial charge is 0.504 e. The number of anilines is 1. The summed E-state index contributed by atoms with van der Waals surface area (Å²) < 4.78 is 44.6. The first-order valence-corrected chi connectivity index (χ1v) is 8.68. The molecule has 8 nitrogen and oxygen atoms in total. The molecule has 3 aromatic rings. The highest BCUT2D eigenvalue weighted by Crippen LogP contribution is 2.36. The average molecular weight is 422 g/mol. The molecule has 158 valence electrons. The molecule has 3 rings (SSSR count). The van der Waals surface area contributed by atoms with Crippen molar-refractivity contribution in [1.82, 2.24) is 9.97 Å². The molecule has 2 N–H and O–H groups in total. The molecule has 0 bridgehead atoms. The molecule has 0 unspecified atom stereocenters. The number of nitrogens with one attached hydrogen (secondary N) is 1. The third-order valence-corrected chi connectivity index (χ3v) is 4.44. The van der Waals surface area contributed by atoms with Gasteiger partial charge in [0, 0.05) is 23.6 Å². The van der Waals surface area contributed by atoms with Crippen LogP contribution in [0.15, 0.2) is 30.3 Å². The number of ether oxygens (including phenoxy) is 1. The lowest BCUT2D eigenvalue weighted by Crippen LogP contribution is -2.12. The van der Waals surface area contributed by atoms with Crippen LogP contribution in [0.1, 0.15) is 29.9 Å². The average Bonchev–Trinajstić information content (AvgIpc) is 2.66. The van der Waals surface area contributed by atoms with Crippen molar-refractivity contribution >= 4 is 22.4 Å². The van der Waals surface area contributed by atoms with Gasteiger partial charge < -0.3 is 15.2 Å². The predicted octanol–water partition coefficient (Wildman–Crippen LogP) is 4.75. The van der Waals surface area contributed by atoms with Gasteiger partial charge in [0.1, 0.15) is 11.6 Å². The lowest BCUT2D eigenvalue weighted by atomic mass is 10.0. The van der Waals surface area contributed by atoms with Gasteiger partial charge in [-0.15, -0.1) is 0 Å². The molecule has 0 radical (unpaired) electrons. The Kier molecular flexibility index (Phi) is 5.38. The van der Waals surface area contributed by atoms with Gasteiger partial charge in [0.05, 0.1) is 29.2 Å². The summed E-state index contributed by atoms with van der Waals surface area (Å²) in [4.78, 5) is 18.7. The minimum Gasteiger partial charge on any atom is -0.504 e. The Balaban J connectivity index is 2.07. The van der Waals surface area contributed by atoms with Gasteiger partial charge in [-0.05, 0) is 31.5 Å². The maximum absolute atomic E-state index is 13.2. The molecular formula is C19H17F3N4O4. The summed E-state index contributed by atoms with van der Waals surface area (Å²) in [7, 11) is 1.39. The van der Waals surface area contributed by atoms with Crippen molar-refractivity contribution in [3.63, 3.8) is 0 Å². The number of benzene rings is 2. The zero-order valence-electron chi connectivity index (χ0n) is 16.1. The summed E-state index contributed by atoms with van der Waals surface area (Å²) in [5.41, 5.74) is -1.29. The minimum absolute atomic E-state index is 0.0543. The molecule has 2 aromatic carbocycles. The molecule has 1 aromatic heterocycles. The normalized spacial score (nSPS) is 12.6. The number of nitro benzene ring substituents is 1. The fraction of sp³-hybridized carbons (Fsp3) is 0.263. The summed E-state index contributed by atoms with van der Waals surface area (Å²) in [5.74, 6) is 0.666. The van der Waals surface area contributed by atoms with Gasteiger partial charge in [-0.2, -0.15) is 13.2 Å². The summed E-state index contributed by atoms with van der Waals surface area (Å²) in [6.45, 7) is 3.18. The summed E-state index contributed by atoms with van der Waals surface area (Å²) >= 11 is 0. The van der Waals surface area contributed by atoms with Crippen molar-refractivity contribution in [2.75, 3.05) is 12.4 Å². The van der Waals surface area contributed by atoms with Crippen molar-refractivity contribution in [1.29, 1.82) is 0 Å². The number of rotatable bonds is 5. The van der Waals surface area contributed by atoms with E-state index in [9.17, 15) is 28.4 Å². The Hall–Kier alpha value is -3.63. The number of phenols is 1. The monoisotopic (exact) mass is 422 g/mol. The Morgan fingerprint density at radius 1 is 1.20 bits per heavy atom. The van der Waals surface area contributed by atoms with Crippen LogP contribution in [0.3, 0.4) is 0 Å². The summed E-state index contributed by atoms with van der Waals surface area (Å²) in [6.07, 6.45) is -4.74. The first-order valence-electron chi connectivity index (χ1n) is 8.68. The Morgan fingerprint density at radius 3 is 2.50 bits per heavy atom. The van der Waals surface area contributed by atoms with Crippen LogP contribution in [0.2, 0.25) is 0 Å². The van der Waals surface area contributed by atoms with Crippen LogP contribution >= 0.6 is 0 Å². The van der Waals surface area contributed by atoms with Crippen LogP contribution in [0, 0.1) is 17.0 Å². The molecule has 0 saturated heterocycles. The van der Waals surface area contributed by atoms with E-state index in [1.165, 1.54) is 19.2 Å². The highest BCUT2D eigenvalue weighted by molar-refractivity contribution is 5.91. The number of methoxy groups -OCH3 is 1. The number of nitrogens with zero attached hydrogens (tertiary/aromatic N) is 3. The number of aryl methyl sites for hydroxylation is 1. The molecule has 0 aliphatic carbocycles. The van der Waals surface area contributed by atoms with Crippen LogP contribution < -0.4 is 10.1 Å². The van der Waals surface area contributed by atoms with Crippen molar-refractivity contribution < 1.29 is 27.9 Å². The van der Waals surface area contributed by atoms with E-state index in [4.69, 9.17) is 4.74 Å². The number of phenolic OH excluding ortho intramolecular Hbond substituents is 1. The molecule has 0 spiro atoms. The van der Waals surface area contributed by atoms with Gasteiger partial charge in [-0.3, -0.25) is 10.1 Å². The minimum atomic E-state index is -4.74. The molecule has 0 aliphatic heterocycles. The van der Waals surface area contributed by atoms with E-state index in [0.717, 1.165) is 12.1 Å². The second kappa shape index (κ2) is 7.65. The van der Waals surface area contributed by atoms with Gasteiger partial charge in [-0.1, -0.05) is 0 Å². The molecule has 0 fully saturated rings. The third-order valence-electron chi connectivity index (χ3n) is 4.44. The third kappa shape index (κ3) is 4.19. The topological polar surface area (TPSA) is 110 Å². The van der Waals surface area contributed by atoms with Gasteiger partial charge in [0.2, 0.25) is 0 Å². The van der Waals surface area contributed by atoms with E-state index in [1.807, 2.05) is 0 Å². The maximum Gasteiger partial charge on any atom is 0.416 e. The fourth-order valence-corrected chi connectivity index (χ4v) is 2.98. The van der Waals surface area contributed by atoms with E-state index in [0.29, 0.717) is 22.8 Å². The van der Waals surface area contributed by atoms with E-state index >= 15 is 0 Å². The van der Waals surface area contributed by atoms with Gasteiger partial charge >= 0.3 is 6.18 Å². The van der Waals surface area contributed by atoms with E-state index in [1.54, 1.807) is 13.8 Å². The zero-order chi connectivity index (χ0) is 22.2. The van der Waals surface area contributed by atoms with Gasteiger partial charge in [0.25, 0.3) is 5.69 Å². The van der Waals surface area contributed by atoms with Crippen molar-refractivity contribution in [3.8, 4) is 11.5 Å². The highest BCUT2D eigenvalue weighted by Gasteiger charge is 2.33. The van der Waals surface area contributed by atoms with Crippen LogP contribution in [0.25, 0.3) is 10.9 Å². The second-order valence-electron chi connectivity index (χ2n) is 6.59. The summed E-state index contributed by atoms with van der Waals surface area (Å²) in [5, 5.41) is 24.5. The van der Waals surface area contributed by atoms with Crippen LogP contribution in [0.5, 0.6) is 11.5 Å². The van der Waals surface area contributed by atoms with Gasteiger partial charge in [0.15, 0.2) is 11.5 Å². The fourth-order valence-electron chi connectivity index (χ4n) is 2.98. The second-order valence-corrected chi connectivity index (χ2v) is 6.59. The standard InChI is InChI=1S/C19H17F3N4O4/c1-9(11-4-12(19(20,21)22)6-13(5-11)26(28)29)23-18-14-7-16(27)17(30-3)8-15(14)24-10(2)25-18/h4-9,27H,1-3H3,(H,23,24,25)/t9-/m1/s1. The lowest BCUT2D eigenvalue weighted by molar-refractivity contribution is -0.385. The number of hydrogen-bond acceptors (Lipinski definition) is 7. The number of fused-ring (bicyclic) bond motifs is 1. The molecule has 1 atom stereocenters. The van der Waals surface area contributed by atoms with Crippen LogP contribution in [-0.2, 0) is 6.18 Å². The molecule has 0 aliphatic rings. The number of aromatic hydroxyl groups is 1. The van der Waals surface area contributed by atoms with Crippen LogP contribution in [-0.4, -0.2) is 27.1 Å². The number of aromatic nitrogens is 2. The van der Waals surface area contributed by atoms with Crippen molar-refractivity contribution in [2.24, 2.45) is 0 Å². The van der Waals surface area contributed by atoms with E-state index in [2.05, 4.69) is 15.3 Å². The number of nitro groups is 1. The number of alkyl halides is 3. The Morgan fingerprint density at radius 2 is 1.90 bits per heavy atom. The molecule has 11 heteroatoms. The Bertz CT molecular complexity index is 1130. The molecule has 0 amide bonds. The van der Waals surface area contributed by atoms with Crippen molar-refractivity contribution in [2.45, 2.75) is 26.1 Å². The molecular weight excluding hydrogens is 405 g/mol. The van der Waals surface area contributed by atoms with Gasteiger partial charge in [-0.25, -0.2) is 9.97 Å². The number of non-ortho nitro benzene ring substituents is 1. The SMILES string of the molecule is COc1cc2nc(C)nc(N[C@H](C)c3cc([N+](=O)[O-])cc(C(F)(F)F)c3)c2cc1O. The van der Waals surface area contributed by atoms with Crippen molar-refractivity contribution in [3.05, 3.63) is 57.4 Å². The quantitative estimate of drug-likeness (QED) is 0.451. The molecule has 0 saturated carbocycles. The highest BCUT2D eigenvalue weighted by atomic mass is 19.4. The lowest BCUT2D eigenvalue weighted by Gasteiger charge is -2.18.